The van der Waals surface area contributed by atoms with Crippen LogP contribution in [-0.2, 0) is 15.5 Å². The molecule has 1 heterocycles. The number of phosphoric acid groups is 1. The van der Waals surface area contributed by atoms with Gasteiger partial charge in [0.25, 0.3) is 0 Å². The number of nitrogens with one attached hydrogen (secondary N) is 1. The summed E-state index contributed by atoms with van der Waals surface area (Å²) in [6, 6.07) is 7.32. The first-order valence-electron chi connectivity index (χ1n) is 5.46. The smallest absolute Gasteiger partial charge is 0.361 e. The lowest BCUT2D eigenvalue weighted by molar-refractivity contribution is 0.186. The summed E-state index contributed by atoms with van der Waals surface area (Å²) < 4.78 is 14.9. The Balaban J connectivity index is 2.03. The largest absolute Gasteiger partial charge is 0.469 e. The Kier molecular flexibility index (Phi) is 3.85. The van der Waals surface area contributed by atoms with Crippen molar-refractivity contribution in [2.75, 3.05) is 6.61 Å². The van der Waals surface area contributed by atoms with Crippen LogP contribution in [0.15, 0.2) is 30.5 Å². The number of phosphoric ester groups is 1. The second-order valence-electron chi connectivity index (χ2n) is 4.11. The minimum absolute atomic E-state index is 0.177. The van der Waals surface area contributed by atoms with Gasteiger partial charge in [-0.05, 0) is 18.1 Å². The summed E-state index contributed by atoms with van der Waals surface area (Å²) in [6.07, 6.45) is 2.34. The number of benzene rings is 1. The molecule has 7 heteroatoms. The monoisotopic (exact) mass is 270 g/mol. The average Bonchev–Trinajstić information content (AvgIpc) is 2.70. The van der Waals surface area contributed by atoms with Gasteiger partial charge in [0, 0.05) is 23.1 Å². The highest BCUT2D eigenvalue weighted by molar-refractivity contribution is 7.46. The maximum Gasteiger partial charge on any atom is 0.469 e. The fraction of sp³-hybridized carbons (Fsp3) is 0.273. The number of H-pyrrole nitrogens is 1. The van der Waals surface area contributed by atoms with Crippen LogP contribution in [0.5, 0.6) is 0 Å². The molecular weight excluding hydrogens is 255 g/mol. The first-order chi connectivity index (χ1) is 8.46. The van der Waals surface area contributed by atoms with Gasteiger partial charge >= 0.3 is 7.82 Å². The minimum atomic E-state index is -4.45. The van der Waals surface area contributed by atoms with E-state index in [9.17, 15) is 4.57 Å². The van der Waals surface area contributed by atoms with Crippen molar-refractivity contribution in [2.45, 2.75) is 12.5 Å². The minimum Gasteiger partial charge on any atom is -0.361 e. The normalized spacial score (nSPS) is 13.9. The van der Waals surface area contributed by atoms with Gasteiger partial charge in [0.1, 0.15) is 0 Å². The van der Waals surface area contributed by atoms with Crippen LogP contribution in [0.4, 0.5) is 0 Å². The third kappa shape index (κ3) is 3.41. The predicted octanol–water partition coefficient (Wildman–Crippen LogP) is 1.15. The molecule has 0 aliphatic rings. The van der Waals surface area contributed by atoms with Crippen LogP contribution in [0.1, 0.15) is 5.56 Å². The summed E-state index contributed by atoms with van der Waals surface area (Å²) in [5, 5.41) is 1.06. The topological polar surface area (TPSA) is 109 Å². The van der Waals surface area contributed by atoms with Crippen LogP contribution in [0.2, 0.25) is 0 Å². The van der Waals surface area contributed by atoms with Gasteiger partial charge in [0.15, 0.2) is 0 Å². The molecule has 1 aromatic heterocycles. The van der Waals surface area contributed by atoms with Gasteiger partial charge in [0.2, 0.25) is 0 Å². The maximum absolute atomic E-state index is 10.6. The second-order valence-corrected chi connectivity index (χ2v) is 5.35. The van der Waals surface area contributed by atoms with E-state index in [2.05, 4.69) is 9.51 Å². The summed E-state index contributed by atoms with van der Waals surface area (Å²) in [4.78, 5) is 20.3. The summed E-state index contributed by atoms with van der Waals surface area (Å²) in [6.45, 7) is -0.177. The van der Waals surface area contributed by atoms with Crippen LogP contribution < -0.4 is 5.73 Å². The Morgan fingerprint density at radius 2 is 2.11 bits per heavy atom. The molecule has 2 aromatic rings. The van der Waals surface area contributed by atoms with Crippen LogP contribution in [0.3, 0.4) is 0 Å². The lowest BCUT2D eigenvalue weighted by atomic mass is 10.1. The van der Waals surface area contributed by atoms with E-state index in [1.165, 1.54) is 0 Å². The number of aromatic amines is 1. The number of fused-ring (bicyclic) bond motifs is 1. The van der Waals surface area contributed by atoms with Gasteiger partial charge in [-0.1, -0.05) is 18.2 Å². The lowest BCUT2D eigenvalue weighted by Gasteiger charge is -2.12. The van der Waals surface area contributed by atoms with Gasteiger partial charge in [-0.25, -0.2) is 4.57 Å². The van der Waals surface area contributed by atoms with E-state index >= 15 is 0 Å². The first-order valence-corrected chi connectivity index (χ1v) is 6.99. The Bertz CT molecular complexity index is 577. The van der Waals surface area contributed by atoms with Crippen LogP contribution in [0, 0.1) is 0 Å². The molecule has 0 fully saturated rings. The summed E-state index contributed by atoms with van der Waals surface area (Å²) >= 11 is 0. The summed E-state index contributed by atoms with van der Waals surface area (Å²) in [5.74, 6) is 0. The third-order valence-corrected chi connectivity index (χ3v) is 3.10. The van der Waals surface area contributed by atoms with Crippen molar-refractivity contribution in [2.24, 2.45) is 5.73 Å². The lowest BCUT2D eigenvalue weighted by Crippen LogP contribution is -2.28. The van der Waals surface area contributed by atoms with E-state index in [1.807, 2.05) is 30.5 Å². The quantitative estimate of drug-likeness (QED) is 0.609. The second kappa shape index (κ2) is 5.22. The standard InChI is InChI=1S/C11H15N2O4P/c12-9(7-17-18(14,15)16)5-8-6-13-11-4-2-1-3-10(8)11/h1-4,6,9,13H,5,7,12H2,(H2,14,15,16)/t9-/m0/s1. The maximum atomic E-state index is 10.6. The van der Waals surface area contributed by atoms with Gasteiger partial charge in [-0.3, -0.25) is 4.52 Å². The summed E-state index contributed by atoms with van der Waals surface area (Å²) in [7, 11) is -4.45. The van der Waals surface area contributed by atoms with Crippen LogP contribution in [-0.4, -0.2) is 27.4 Å². The molecule has 1 atom stereocenters. The molecule has 0 bridgehead atoms. The van der Waals surface area contributed by atoms with Gasteiger partial charge in [0.05, 0.1) is 6.61 Å². The number of hydrogen-bond donors (Lipinski definition) is 4. The highest BCUT2D eigenvalue weighted by Crippen LogP contribution is 2.35. The van der Waals surface area contributed by atoms with Gasteiger partial charge < -0.3 is 20.5 Å². The van der Waals surface area contributed by atoms with Crippen molar-refractivity contribution in [1.29, 1.82) is 0 Å². The fourth-order valence-electron chi connectivity index (χ4n) is 1.83. The van der Waals surface area contributed by atoms with Crippen molar-refractivity contribution in [3.8, 4) is 0 Å². The fourth-order valence-corrected chi connectivity index (χ4v) is 2.22. The number of aromatic nitrogens is 1. The molecule has 0 amide bonds. The molecule has 0 unspecified atom stereocenters. The number of para-hydroxylation sites is 1. The van der Waals surface area contributed by atoms with Crippen LogP contribution in [0.25, 0.3) is 10.9 Å². The predicted molar refractivity (Wildman–Crippen MR) is 68.0 cm³/mol. The third-order valence-electron chi connectivity index (χ3n) is 2.61. The van der Waals surface area contributed by atoms with Crippen molar-refractivity contribution >= 4 is 18.7 Å². The number of rotatable bonds is 5. The molecule has 98 valence electrons. The molecule has 0 aliphatic carbocycles. The Morgan fingerprint density at radius 3 is 2.83 bits per heavy atom. The Morgan fingerprint density at radius 1 is 1.39 bits per heavy atom. The zero-order valence-electron chi connectivity index (χ0n) is 9.61. The molecule has 2 rings (SSSR count). The summed E-state index contributed by atoms with van der Waals surface area (Å²) in [5.41, 5.74) is 7.80. The van der Waals surface area contributed by atoms with Crippen molar-refractivity contribution < 1.29 is 18.9 Å². The number of nitrogens with two attached hydrogens (primary N) is 1. The van der Waals surface area contributed by atoms with E-state index in [4.69, 9.17) is 15.5 Å². The van der Waals surface area contributed by atoms with E-state index in [-0.39, 0.29) is 6.61 Å². The molecule has 0 aliphatic heterocycles. The van der Waals surface area contributed by atoms with Crippen molar-refractivity contribution in [3.63, 3.8) is 0 Å². The Hall–Kier alpha value is -1.17. The molecule has 0 saturated heterocycles. The van der Waals surface area contributed by atoms with E-state index in [0.717, 1.165) is 16.5 Å². The zero-order chi connectivity index (χ0) is 13.2. The molecule has 5 N–H and O–H groups in total. The van der Waals surface area contributed by atoms with Crippen molar-refractivity contribution in [3.05, 3.63) is 36.0 Å². The van der Waals surface area contributed by atoms with Crippen molar-refractivity contribution in [1.82, 2.24) is 4.98 Å². The van der Waals surface area contributed by atoms with E-state index < -0.39 is 13.9 Å². The highest BCUT2D eigenvalue weighted by atomic mass is 31.2. The van der Waals surface area contributed by atoms with E-state index in [0.29, 0.717) is 6.42 Å². The molecular formula is C11H15N2O4P. The molecule has 0 spiro atoms. The first kappa shape index (κ1) is 13.3. The number of hydrogen-bond acceptors (Lipinski definition) is 3. The van der Waals surface area contributed by atoms with Crippen LogP contribution >= 0.6 is 7.82 Å². The van der Waals surface area contributed by atoms with E-state index in [1.54, 1.807) is 0 Å². The average molecular weight is 270 g/mol. The van der Waals surface area contributed by atoms with Gasteiger partial charge in [-0.2, -0.15) is 0 Å². The molecule has 6 nitrogen and oxygen atoms in total. The molecule has 1 aromatic carbocycles. The molecule has 0 radical (unpaired) electrons. The zero-order valence-corrected chi connectivity index (χ0v) is 10.5. The SMILES string of the molecule is N[C@H](COP(=O)(O)O)Cc1c[nH]c2ccccc12. The molecule has 0 saturated carbocycles. The Labute approximate surface area is 104 Å². The molecule has 18 heavy (non-hydrogen) atoms. The van der Waals surface area contributed by atoms with Gasteiger partial charge in [-0.15, -0.1) is 0 Å². The highest BCUT2D eigenvalue weighted by Gasteiger charge is 2.17.